The summed E-state index contributed by atoms with van der Waals surface area (Å²) in [5.74, 6) is 0.574. The van der Waals surface area contributed by atoms with Crippen molar-refractivity contribution in [1.82, 2.24) is 19.7 Å². The maximum absolute atomic E-state index is 12.4. The molecule has 2 aromatic rings. The summed E-state index contributed by atoms with van der Waals surface area (Å²) in [4.78, 5) is 26.8. The van der Waals surface area contributed by atoms with Crippen molar-refractivity contribution in [1.29, 1.82) is 0 Å². The van der Waals surface area contributed by atoms with Gasteiger partial charge >= 0.3 is 0 Å². The summed E-state index contributed by atoms with van der Waals surface area (Å²) < 4.78 is 2.64. The Bertz CT molecular complexity index is 972. The molecular formula is C18H21N5O2S3. The Labute approximate surface area is 176 Å². The van der Waals surface area contributed by atoms with Crippen LogP contribution in [0.4, 0.5) is 5.13 Å². The number of thiocarbonyl (C=S) groups is 1. The van der Waals surface area contributed by atoms with Crippen LogP contribution in [0.25, 0.3) is 0 Å². The molecule has 0 radical (unpaired) electrons. The Kier molecular flexibility index (Phi) is 5.52. The van der Waals surface area contributed by atoms with Crippen LogP contribution in [0.3, 0.4) is 0 Å². The van der Waals surface area contributed by atoms with Crippen LogP contribution in [0.2, 0.25) is 0 Å². The maximum atomic E-state index is 12.4. The van der Waals surface area contributed by atoms with Gasteiger partial charge < -0.3 is 9.47 Å². The fraction of sp³-hybridized carbons (Fsp3) is 0.500. The number of carbonyl (C=O) groups is 1. The SMILES string of the molecule is Cc1nnc(NC(=O)[C@H](C)SC(=S)N2C[C@@H]3C[C@@H](C2)c2cccc(=O)n2C3)s1. The summed E-state index contributed by atoms with van der Waals surface area (Å²) in [7, 11) is 0. The number of pyridine rings is 1. The van der Waals surface area contributed by atoms with Gasteiger partial charge in [-0.3, -0.25) is 14.9 Å². The maximum Gasteiger partial charge on any atom is 0.250 e. The van der Waals surface area contributed by atoms with Gasteiger partial charge in [-0.05, 0) is 32.3 Å². The number of carbonyl (C=O) groups excluding carboxylic acids is 1. The highest BCUT2D eigenvalue weighted by Gasteiger charge is 2.35. The van der Waals surface area contributed by atoms with Gasteiger partial charge in [-0.15, -0.1) is 10.2 Å². The van der Waals surface area contributed by atoms with Gasteiger partial charge in [0.05, 0.1) is 5.25 Å². The van der Waals surface area contributed by atoms with Crippen LogP contribution in [-0.4, -0.2) is 48.2 Å². The van der Waals surface area contributed by atoms with E-state index in [1.54, 1.807) is 6.07 Å². The van der Waals surface area contributed by atoms with Gasteiger partial charge in [0.15, 0.2) is 0 Å². The van der Waals surface area contributed by atoms with E-state index in [9.17, 15) is 9.59 Å². The molecule has 3 atom stereocenters. The first-order valence-corrected chi connectivity index (χ1v) is 11.3. The van der Waals surface area contributed by atoms with Crippen LogP contribution in [0.5, 0.6) is 0 Å². The number of likely N-dealkylation sites (tertiary alicyclic amines) is 1. The lowest BCUT2D eigenvalue weighted by atomic mass is 9.83. The average Bonchev–Trinajstić information content (AvgIpc) is 3.07. The van der Waals surface area contributed by atoms with Gasteiger partial charge in [0.2, 0.25) is 11.0 Å². The largest absolute Gasteiger partial charge is 0.356 e. The minimum absolute atomic E-state index is 0.0785. The minimum atomic E-state index is -0.326. The Morgan fingerprint density at radius 1 is 1.36 bits per heavy atom. The second kappa shape index (κ2) is 7.92. The highest BCUT2D eigenvalue weighted by Crippen LogP contribution is 2.36. The molecule has 0 aromatic carbocycles. The normalized spacial score (nSPS) is 21.7. The molecule has 10 heteroatoms. The van der Waals surface area contributed by atoms with E-state index in [1.165, 1.54) is 23.1 Å². The fourth-order valence-corrected chi connectivity index (χ4v) is 5.82. The summed E-state index contributed by atoms with van der Waals surface area (Å²) in [6.45, 7) is 6.05. The first kappa shape index (κ1) is 19.5. The number of nitrogens with zero attached hydrogens (tertiary/aromatic N) is 4. The Balaban J connectivity index is 1.39. The zero-order valence-electron chi connectivity index (χ0n) is 15.6. The zero-order valence-corrected chi connectivity index (χ0v) is 18.1. The van der Waals surface area contributed by atoms with Gasteiger partial charge in [0, 0.05) is 37.3 Å². The van der Waals surface area contributed by atoms with E-state index >= 15 is 0 Å². The van der Waals surface area contributed by atoms with E-state index in [2.05, 4.69) is 20.4 Å². The van der Waals surface area contributed by atoms with E-state index in [4.69, 9.17) is 12.2 Å². The van der Waals surface area contributed by atoms with E-state index in [-0.39, 0.29) is 16.7 Å². The number of fused-ring (bicyclic) bond motifs is 4. The molecule has 1 N–H and O–H groups in total. The number of aromatic nitrogens is 3. The van der Waals surface area contributed by atoms with E-state index < -0.39 is 0 Å². The molecule has 1 saturated heterocycles. The molecule has 2 aromatic heterocycles. The highest BCUT2D eigenvalue weighted by atomic mass is 32.2. The summed E-state index contributed by atoms with van der Waals surface area (Å²) in [6, 6.07) is 5.51. The van der Waals surface area contributed by atoms with Crippen LogP contribution in [-0.2, 0) is 11.3 Å². The van der Waals surface area contributed by atoms with Crippen molar-refractivity contribution >= 4 is 50.7 Å². The smallest absolute Gasteiger partial charge is 0.250 e. The number of hydrogen-bond donors (Lipinski definition) is 1. The molecule has 4 rings (SSSR count). The van der Waals surface area contributed by atoms with Gasteiger partial charge in [0.1, 0.15) is 9.33 Å². The molecular weight excluding hydrogens is 414 g/mol. The van der Waals surface area contributed by atoms with Crippen molar-refractivity contribution in [2.45, 2.75) is 38.0 Å². The molecule has 1 amide bonds. The van der Waals surface area contributed by atoms with Crippen LogP contribution < -0.4 is 10.9 Å². The van der Waals surface area contributed by atoms with Gasteiger partial charge in [-0.25, -0.2) is 0 Å². The van der Waals surface area contributed by atoms with Crippen molar-refractivity contribution in [3.63, 3.8) is 0 Å². The molecule has 0 saturated carbocycles. The van der Waals surface area contributed by atoms with E-state index in [0.29, 0.717) is 17.0 Å². The lowest BCUT2D eigenvalue weighted by Crippen LogP contribution is -2.48. The van der Waals surface area contributed by atoms with Crippen LogP contribution in [0.15, 0.2) is 23.0 Å². The number of nitrogens with one attached hydrogen (secondary N) is 1. The highest BCUT2D eigenvalue weighted by molar-refractivity contribution is 8.23. The van der Waals surface area contributed by atoms with Crippen LogP contribution in [0, 0.1) is 12.8 Å². The number of anilines is 1. The first-order valence-electron chi connectivity index (χ1n) is 9.17. The summed E-state index contributed by atoms with van der Waals surface area (Å²) >= 11 is 8.40. The number of amides is 1. The lowest BCUT2D eigenvalue weighted by Gasteiger charge is -2.43. The fourth-order valence-electron chi connectivity index (χ4n) is 3.88. The van der Waals surface area contributed by atoms with Gasteiger partial charge in [-0.2, -0.15) is 0 Å². The Morgan fingerprint density at radius 2 is 2.18 bits per heavy atom. The number of thioether (sulfide) groups is 1. The third-order valence-electron chi connectivity index (χ3n) is 5.14. The van der Waals surface area contributed by atoms with Crippen molar-refractivity contribution in [3.8, 4) is 0 Å². The zero-order chi connectivity index (χ0) is 19.8. The number of hydrogen-bond acceptors (Lipinski definition) is 7. The first-order chi connectivity index (χ1) is 13.4. The van der Waals surface area contributed by atoms with Crippen molar-refractivity contribution < 1.29 is 4.79 Å². The molecule has 7 nitrogen and oxygen atoms in total. The predicted octanol–water partition coefficient (Wildman–Crippen LogP) is 2.47. The number of rotatable bonds is 3. The lowest BCUT2D eigenvalue weighted by molar-refractivity contribution is -0.115. The summed E-state index contributed by atoms with van der Waals surface area (Å²) in [5.41, 5.74) is 1.17. The molecule has 0 aliphatic carbocycles. The monoisotopic (exact) mass is 435 g/mol. The van der Waals surface area contributed by atoms with Crippen molar-refractivity contribution in [2.24, 2.45) is 5.92 Å². The standard InChI is InChI=1S/C18H21N5O2S3/c1-10(16(25)19-17-21-20-11(2)28-17)27-18(26)22-7-12-6-13(9-22)14-4-3-5-15(24)23(14)8-12/h3-5,10,12-13H,6-9H2,1-2H3,(H,19,21,25)/t10-,12-,13-/m0/s1. The topological polar surface area (TPSA) is 80.1 Å². The van der Waals surface area contributed by atoms with Crippen LogP contribution >= 0.6 is 35.3 Å². The molecule has 148 valence electrons. The molecule has 4 heterocycles. The molecule has 1 fully saturated rings. The number of piperidine rings is 1. The molecule has 2 bridgehead atoms. The third kappa shape index (κ3) is 3.99. The van der Waals surface area contributed by atoms with Crippen molar-refractivity contribution in [3.05, 3.63) is 39.3 Å². The van der Waals surface area contributed by atoms with E-state index in [0.717, 1.165) is 41.1 Å². The second-order valence-corrected chi connectivity index (χ2v) is 10.4. The van der Waals surface area contributed by atoms with E-state index in [1.807, 2.05) is 30.5 Å². The quantitative estimate of drug-likeness (QED) is 0.742. The Morgan fingerprint density at radius 3 is 2.93 bits per heavy atom. The third-order valence-corrected chi connectivity index (χ3v) is 7.47. The molecule has 0 spiro atoms. The molecule has 0 unspecified atom stereocenters. The predicted molar refractivity (Wildman–Crippen MR) is 116 cm³/mol. The van der Waals surface area contributed by atoms with Crippen molar-refractivity contribution in [2.75, 3.05) is 18.4 Å². The van der Waals surface area contributed by atoms with Crippen LogP contribution in [0.1, 0.15) is 30.0 Å². The Hall–Kier alpha value is -1.78. The molecule has 2 aliphatic heterocycles. The second-order valence-electron chi connectivity index (χ2n) is 7.24. The summed E-state index contributed by atoms with van der Waals surface area (Å²) in [5, 5.41) is 11.6. The van der Waals surface area contributed by atoms with Gasteiger partial charge in [-0.1, -0.05) is 41.4 Å². The number of aryl methyl sites for hydroxylation is 1. The summed E-state index contributed by atoms with van der Waals surface area (Å²) in [6.07, 6.45) is 1.08. The molecule has 2 aliphatic rings. The minimum Gasteiger partial charge on any atom is -0.356 e. The van der Waals surface area contributed by atoms with Gasteiger partial charge in [0.25, 0.3) is 5.56 Å². The molecule has 28 heavy (non-hydrogen) atoms. The average molecular weight is 436 g/mol.